The molecule has 0 radical (unpaired) electrons. The monoisotopic (exact) mass is 394 g/mol. The Hall–Kier alpha value is -1.42. The first-order chi connectivity index (χ1) is 11.7. The second-order valence-electron chi connectivity index (χ2n) is 4.51. The number of aromatic nitrogens is 3. The minimum Gasteiger partial charge on any atom is -0.300 e. The predicted molar refractivity (Wildman–Crippen MR) is 103 cm³/mol. The standard InChI is InChI=1S/C15H14N4OS4/c1-2-21-15-19-18-13(24-15)17-12(20)9-23-14-16-11(8-22-14)10-6-4-3-5-7-10/h3-8H,2,9H2,1H3,(H,17,18,20). The van der Waals surface area contributed by atoms with E-state index in [1.54, 1.807) is 23.1 Å². The van der Waals surface area contributed by atoms with Gasteiger partial charge < -0.3 is 0 Å². The molecule has 9 heteroatoms. The summed E-state index contributed by atoms with van der Waals surface area (Å²) in [5, 5.41) is 13.3. The lowest BCUT2D eigenvalue weighted by atomic mass is 10.2. The maximum absolute atomic E-state index is 12.0. The van der Waals surface area contributed by atoms with Crippen molar-refractivity contribution in [1.82, 2.24) is 15.2 Å². The van der Waals surface area contributed by atoms with Crippen LogP contribution in [0.25, 0.3) is 11.3 Å². The van der Waals surface area contributed by atoms with Crippen LogP contribution < -0.4 is 5.32 Å². The van der Waals surface area contributed by atoms with E-state index in [9.17, 15) is 4.79 Å². The fourth-order valence-corrected chi connectivity index (χ4v) is 5.09. The zero-order valence-electron chi connectivity index (χ0n) is 12.8. The molecule has 2 heterocycles. The van der Waals surface area contributed by atoms with Gasteiger partial charge in [-0.15, -0.1) is 21.5 Å². The minimum absolute atomic E-state index is 0.0966. The first-order valence-corrected chi connectivity index (χ1v) is 10.8. The number of hydrogen-bond acceptors (Lipinski definition) is 8. The first-order valence-electron chi connectivity index (χ1n) is 7.14. The number of benzene rings is 1. The summed E-state index contributed by atoms with van der Waals surface area (Å²) in [6, 6.07) is 10.0. The van der Waals surface area contributed by atoms with Crippen molar-refractivity contribution >= 4 is 57.2 Å². The highest BCUT2D eigenvalue weighted by atomic mass is 32.2. The van der Waals surface area contributed by atoms with Crippen molar-refractivity contribution < 1.29 is 4.79 Å². The summed E-state index contributed by atoms with van der Waals surface area (Å²) >= 11 is 5.98. The topological polar surface area (TPSA) is 67.8 Å². The molecular formula is C15H14N4OS4. The maximum Gasteiger partial charge on any atom is 0.236 e. The average molecular weight is 395 g/mol. The Bertz CT molecular complexity index is 803. The second kappa shape index (κ2) is 8.61. The van der Waals surface area contributed by atoms with Crippen LogP contribution in [0.5, 0.6) is 0 Å². The summed E-state index contributed by atoms with van der Waals surface area (Å²) in [7, 11) is 0. The lowest BCUT2D eigenvalue weighted by Gasteiger charge is -1.99. The van der Waals surface area contributed by atoms with Crippen molar-refractivity contribution in [1.29, 1.82) is 0 Å². The minimum atomic E-state index is -0.0966. The Morgan fingerprint density at radius 2 is 2.00 bits per heavy atom. The van der Waals surface area contributed by atoms with Gasteiger partial charge in [-0.2, -0.15) is 0 Å². The Morgan fingerprint density at radius 3 is 2.79 bits per heavy atom. The molecule has 3 rings (SSSR count). The molecule has 0 bridgehead atoms. The molecule has 0 aliphatic rings. The van der Waals surface area contributed by atoms with E-state index in [2.05, 4.69) is 27.4 Å². The van der Waals surface area contributed by atoms with Crippen LogP contribution in [-0.4, -0.2) is 32.6 Å². The third-order valence-electron chi connectivity index (χ3n) is 2.80. The van der Waals surface area contributed by atoms with Crippen molar-refractivity contribution in [3.05, 3.63) is 35.7 Å². The second-order valence-corrected chi connectivity index (χ2v) is 9.08. The number of nitrogens with one attached hydrogen (secondary N) is 1. The third-order valence-corrected chi connectivity index (χ3v) is 6.68. The summed E-state index contributed by atoms with van der Waals surface area (Å²) in [6.45, 7) is 2.05. The van der Waals surface area contributed by atoms with E-state index >= 15 is 0 Å². The van der Waals surface area contributed by atoms with Crippen molar-refractivity contribution in [2.45, 2.75) is 15.6 Å². The molecule has 1 aromatic carbocycles. The van der Waals surface area contributed by atoms with Gasteiger partial charge in [0.15, 0.2) is 8.68 Å². The van der Waals surface area contributed by atoms with Crippen molar-refractivity contribution in [3.63, 3.8) is 0 Å². The number of carbonyl (C=O) groups excluding carboxylic acids is 1. The SMILES string of the molecule is CCSc1nnc(NC(=O)CSc2nc(-c3ccccc3)cs2)s1. The van der Waals surface area contributed by atoms with E-state index in [4.69, 9.17) is 0 Å². The number of anilines is 1. The summed E-state index contributed by atoms with van der Waals surface area (Å²) in [4.78, 5) is 16.6. The Balaban J connectivity index is 1.52. The van der Waals surface area contributed by atoms with Crippen LogP contribution in [0.1, 0.15) is 6.92 Å². The van der Waals surface area contributed by atoms with E-state index < -0.39 is 0 Å². The van der Waals surface area contributed by atoms with Crippen molar-refractivity contribution in [3.8, 4) is 11.3 Å². The molecule has 124 valence electrons. The molecule has 2 aromatic heterocycles. The molecule has 0 aliphatic carbocycles. The Kier molecular flexibility index (Phi) is 6.24. The lowest BCUT2D eigenvalue weighted by molar-refractivity contribution is -0.113. The lowest BCUT2D eigenvalue weighted by Crippen LogP contribution is -2.13. The van der Waals surface area contributed by atoms with Gasteiger partial charge in [-0.05, 0) is 5.75 Å². The van der Waals surface area contributed by atoms with Crippen LogP contribution in [0.15, 0.2) is 44.4 Å². The number of hydrogen-bond donors (Lipinski definition) is 1. The Labute approximate surface area is 156 Å². The van der Waals surface area contributed by atoms with Crippen molar-refractivity contribution in [2.75, 3.05) is 16.8 Å². The largest absolute Gasteiger partial charge is 0.300 e. The zero-order chi connectivity index (χ0) is 16.8. The molecule has 0 spiro atoms. The number of thioether (sulfide) groups is 2. The van der Waals surface area contributed by atoms with Crippen LogP contribution >= 0.6 is 46.2 Å². The molecule has 0 aliphatic heterocycles. The molecular weight excluding hydrogens is 380 g/mol. The average Bonchev–Trinajstić information content (AvgIpc) is 3.24. The number of amides is 1. The molecule has 1 amide bonds. The van der Waals surface area contributed by atoms with Gasteiger partial charge in [0.25, 0.3) is 0 Å². The Morgan fingerprint density at radius 1 is 1.17 bits per heavy atom. The van der Waals surface area contributed by atoms with Gasteiger partial charge in [-0.1, -0.05) is 72.1 Å². The van der Waals surface area contributed by atoms with E-state index in [0.29, 0.717) is 10.9 Å². The summed E-state index contributed by atoms with van der Waals surface area (Å²) in [5.74, 6) is 1.14. The van der Waals surface area contributed by atoms with Gasteiger partial charge >= 0.3 is 0 Å². The molecule has 0 atom stereocenters. The molecule has 0 unspecified atom stereocenters. The number of thiazole rings is 1. The number of carbonyl (C=O) groups is 1. The molecule has 0 saturated carbocycles. The number of rotatable bonds is 7. The quantitative estimate of drug-likeness (QED) is 0.470. The number of nitrogens with zero attached hydrogens (tertiary/aromatic N) is 3. The zero-order valence-corrected chi connectivity index (χ0v) is 16.0. The van der Waals surface area contributed by atoms with E-state index in [1.807, 2.05) is 35.7 Å². The van der Waals surface area contributed by atoms with Gasteiger partial charge in [0.1, 0.15) is 0 Å². The third kappa shape index (κ3) is 4.79. The van der Waals surface area contributed by atoms with Crippen molar-refractivity contribution in [2.24, 2.45) is 0 Å². The highest BCUT2D eigenvalue weighted by molar-refractivity contribution is 8.01. The van der Waals surface area contributed by atoms with E-state index in [0.717, 1.165) is 25.7 Å². The summed E-state index contributed by atoms with van der Waals surface area (Å²) in [6.07, 6.45) is 0. The maximum atomic E-state index is 12.0. The fraction of sp³-hybridized carbons (Fsp3) is 0.200. The molecule has 3 aromatic rings. The summed E-state index contributed by atoms with van der Waals surface area (Å²) in [5.41, 5.74) is 2.02. The van der Waals surface area contributed by atoms with Crippen LogP contribution in [0.4, 0.5) is 5.13 Å². The normalized spacial score (nSPS) is 10.7. The highest BCUT2D eigenvalue weighted by Crippen LogP contribution is 2.29. The van der Waals surface area contributed by atoms with Gasteiger partial charge in [-0.3, -0.25) is 10.1 Å². The van der Waals surface area contributed by atoms with Gasteiger partial charge in [-0.25, -0.2) is 4.98 Å². The van der Waals surface area contributed by atoms with E-state index in [1.165, 1.54) is 23.1 Å². The van der Waals surface area contributed by atoms with Crippen LogP contribution in [0.3, 0.4) is 0 Å². The molecule has 24 heavy (non-hydrogen) atoms. The first kappa shape index (κ1) is 17.4. The fourth-order valence-electron chi connectivity index (χ4n) is 1.79. The van der Waals surface area contributed by atoms with E-state index in [-0.39, 0.29) is 5.91 Å². The van der Waals surface area contributed by atoms with Gasteiger partial charge in [0.2, 0.25) is 11.0 Å². The smallest absolute Gasteiger partial charge is 0.236 e. The molecule has 5 nitrogen and oxygen atoms in total. The molecule has 1 N–H and O–H groups in total. The predicted octanol–water partition coefficient (Wildman–Crippen LogP) is 4.50. The summed E-state index contributed by atoms with van der Waals surface area (Å²) < 4.78 is 1.75. The van der Waals surface area contributed by atoms with Crippen LogP contribution in [0.2, 0.25) is 0 Å². The molecule has 0 saturated heterocycles. The van der Waals surface area contributed by atoms with Gasteiger partial charge in [0, 0.05) is 10.9 Å². The van der Waals surface area contributed by atoms with Gasteiger partial charge in [0.05, 0.1) is 11.4 Å². The highest BCUT2D eigenvalue weighted by Gasteiger charge is 2.11. The van der Waals surface area contributed by atoms with Crippen LogP contribution in [0, 0.1) is 0 Å². The molecule has 0 fully saturated rings. The van der Waals surface area contributed by atoms with Crippen LogP contribution in [-0.2, 0) is 4.79 Å².